The van der Waals surface area contributed by atoms with E-state index in [1.807, 2.05) is 6.92 Å². The van der Waals surface area contributed by atoms with Gasteiger partial charge in [0, 0.05) is 11.4 Å². The predicted octanol–water partition coefficient (Wildman–Crippen LogP) is 0.216. The van der Waals surface area contributed by atoms with E-state index in [9.17, 15) is 0 Å². The lowest BCUT2D eigenvalue weighted by Crippen LogP contribution is -2.19. The lowest BCUT2D eigenvalue weighted by Gasteiger charge is -2.05. The van der Waals surface area contributed by atoms with Gasteiger partial charge in [-0.3, -0.25) is 0 Å². The van der Waals surface area contributed by atoms with E-state index in [2.05, 4.69) is 11.9 Å². The van der Waals surface area contributed by atoms with Crippen LogP contribution in [-0.4, -0.2) is 0 Å². The van der Waals surface area contributed by atoms with E-state index in [1.54, 1.807) is 6.92 Å². The standard InChI is InChI=1S/C6H13N3/c1-4(7)5(2)9-6(3)8/h9H,3,7-8H2,1-2H3/b5-4-. The molecular weight excluding hydrogens is 114 g/mol. The predicted molar refractivity (Wildman–Crippen MR) is 39.0 cm³/mol. The fourth-order valence-electron chi connectivity index (χ4n) is 0.339. The zero-order valence-electron chi connectivity index (χ0n) is 5.86. The highest BCUT2D eigenvalue weighted by Crippen LogP contribution is 1.91. The zero-order valence-corrected chi connectivity index (χ0v) is 5.86. The first-order valence-corrected chi connectivity index (χ1v) is 2.68. The van der Waals surface area contributed by atoms with Gasteiger partial charge in [0.25, 0.3) is 0 Å². The van der Waals surface area contributed by atoms with Crippen molar-refractivity contribution < 1.29 is 0 Å². The monoisotopic (exact) mass is 127 g/mol. The van der Waals surface area contributed by atoms with Crippen LogP contribution in [0.1, 0.15) is 13.8 Å². The molecule has 0 aliphatic heterocycles. The Morgan fingerprint density at radius 3 is 1.89 bits per heavy atom. The van der Waals surface area contributed by atoms with Gasteiger partial charge in [0.15, 0.2) is 0 Å². The molecule has 52 valence electrons. The van der Waals surface area contributed by atoms with Crippen molar-refractivity contribution in [3.05, 3.63) is 23.8 Å². The average Bonchev–Trinajstić information content (AvgIpc) is 1.63. The quantitative estimate of drug-likeness (QED) is 0.497. The van der Waals surface area contributed by atoms with Gasteiger partial charge >= 0.3 is 0 Å². The second-order valence-electron chi connectivity index (χ2n) is 1.96. The molecular formula is C6H13N3. The van der Waals surface area contributed by atoms with Gasteiger partial charge in [-0.15, -0.1) is 0 Å². The highest BCUT2D eigenvalue weighted by molar-refractivity contribution is 5.08. The summed E-state index contributed by atoms with van der Waals surface area (Å²) in [5.74, 6) is 0.414. The molecule has 0 aromatic heterocycles. The van der Waals surface area contributed by atoms with Crippen LogP contribution >= 0.6 is 0 Å². The van der Waals surface area contributed by atoms with Crippen LogP contribution in [0.2, 0.25) is 0 Å². The van der Waals surface area contributed by atoms with Crippen LogP contribution in [0, 0.1) is 0 Å². The van der Waals surface area contributed by atoms with Crippen LogP contribution in [-0.2, 0) is 0 Å². The minimum atomic E-state index is 0.414. The summed E-state index contributed by atoms with van der Waals surface area (Å²) in [4.78, 5) is 0. The molecule has 0 saturated heterocycles. The Balaban J connectivity index is 3.92. The van der Waals surface area contributed by atoms with Crippen molar-refractivity contribution in [1.29, 1.82) is 0 Å². The van der Waals surface area contributed by atoms with Crippen LogP contribution in [0.5, 0.6) is 0 Å². The second kappa shape index (κ2) is 3.02. The van der Waals surface area contributed by atoms with Gasteiger partial charge in [0.2, 0.25) is 0 Å². The van der Waals surface area contributed by atoms with Crippen LogP contribution in [0.25, 0.3) is 0 Å². The van der Waals surface area contributed by atoms with Gasteiger partial charge in [-0.1, -0.05) is 6.58 Å². The van der Waals surface area contributed by atoms with Crippen LogP contribution in [0.15, 0.2) is 23.8 Å². The molecule has 0 amide bonds. The molecule has 0 aromatic carbocycles. The van der Waals surface area contributed by atoms with E-state index in [-0.39, 0.29) is 0 Å². The summed E-state index contributed by atoms with van der Waals surface area (Å²) in [5.41, 5.74) is 12.2. The summed E-state index contributed by atoms with van der Waals surface area (Å²) in [6.07, 6.45) is 0. The van der Waals surface area contributed by atoms with Crippen LogP contribution in [0.4, 0.5) is 0 Å². The fraction of sp³-hybridized carbons (Fsp3) is 0.333. The van der Waals surface area contributed by atoms with Gasteiger partial charge in [0.05, 0.1) is 5.82 Å². The molecule has 0 saturated carbocycles. The van der Waals surface area contributed by atoms with Crippen molar-refractivity contribution in [2.45, 2.75) is 13.8 Å². The first-order chi connectivity index (χ1) is 4.04. The molecule has 0 aromatic rings. The maximum atomic E-state index is 5.40. The topological polar surface area (TPSA) is 64.1 Å². The molecule has 3 nitrogen and oxygen atoms in total. The van der Waals surface area contributed by atoms with Crippen molar-refractivity contribution in [3.8, 4) is 0 Å². The highest BCUT2D eigenvalue weighted by Gasteiger charge is 1.89. The molecule has 0 unspecified atom stereocenters. The molecule has 5 N–H and O–H groups in total. The molecule has 0 spiro atoms. The van der Waals surface area contributed by atoms with Gasteiger partial charge in [0.1, 0.15) is 0 Å². The summed E-state index contributed by atoms with van der Waals surface area (Å²) in [7, 11) is 0. The van der Waals surface area contributed by atoms with Crippen molar-refractivity contribution in [2.24, 2.45) is 11.5 Å². The highest BCUT2D eigenvalue weighted by atomic mass is 15.0. The Kier molecular flexibility index (Phi) is 2.64. The Morgan fingerprint density at radius 1 is 1.33 bits per heavy atom. The smallest absolute Gasteiger partial charge is 0.0928 e. The van der Waals surface area contributed by atoms with E-state index in [1.165, 1.54) is 0 Å². The van der Waals surface area contributed by atoms with Gasteiger partial charge < -0.3 is 16.8 Å². The normalized spacial score (nSPS) is 12.2. The molecule has 0 rings (SSSR count). The fourth-order valence-corrected chi connectivity index (χ4v) is 0.339. The number of hydrogen-bond acceptors (Lipinski definition) is 3. The minimum absolute atomic E-state index is 0.414. The molecule has 0 fully saturated rings. The average molecular weight is 127 g/mol. The van der Waals surface area contributed by atoms with E-state index in [0.717, 1.165) is 11.4 Å². The lowest BCUT2D eigenvalue weighted by molar-refractivity contribution is 0.923. The van der Waals surface area contributed by atoms with E-state index >= 15 is 0 Å². The zero-order chi connectivity index (χ0) is 7.44. The molecule has 0 bridgehead atoms. The summed E-state index contributed by atoms with van der Waals surface area (Å²) in [5, 5.41) is 2.78. The van der Waals surface area contributed by atoms with Crippen molar-refractivity contribution in [3.63, 3.8) is 0 Å². The summed E-state index contributed by atoms with van der Waals surface area (Å²) >= 11 is 0. The van der Waals surface area contributed by atoms with Crippen molar-refractivity contribution in [1.82, 2.24) is 5.32 Å². The summed E-state index contributed by atoms with van der Waals surface area (Å²) < 4.78 is 0. The maximum absolute atomic E-state index is 5.40. The third kappa shape index (κ3) is 3.46. The van der Waals surface area contributed by atoms with Crippen molar-refractivity contribution >= 4 is 0 Å². The number of allylic oxidation sites excluding steroid dienone is 2. The molecule has 0 radical (unpaired) electrons. The molecule has 0 atom stereocenters. The largest absolute Gasteiger partial charge is 0.401 e. The van der Waals surface area contributed by atoms with Crippen LogP contribution < -0.4 is 16.8 Å². The first-order valence-electron chi connectivity index (χ1n) is 2.68. The van der Waals surface area contributed by atoms with E-state index in [0.29, 0.717) is 5.82 Å². The Labute approximate surface area is 55.4 Å². The minimum Gasteiger partial charge on any atom is -0.401 e. The first kappa shape index (κ1) is 7.88. The lowest BCUT2D eigenvalue weighted by atomic mass is 10.4. The third-order valence-corrected chi connectivity index (χ3v) is 0.940. The van der Waals surface area contributed by atoms with Gasteiger partial charge in [-0.2, -0.15) is 0 Å². The van der Waals surface area contributed by atoms with Crippen LogP contribution in [0.3, 0.4) is 0 Å². The number of nitrogens with two attached hydrogens (primary N) is 2. The van der Waals surface area contributed by atoms with Crippen molar-refractivity contribution in [2.75, 3.05) is 0 Å². The molecule has 0 heterocycles. The molecule has 9 heavy (non-hydrogen) atoms. The summed E-state index contributed by atoms with van der Waals surface area (Å²) in [6.45, 7) is 7.09. The molecule has 3 heteroatoms. The molecule has 0 aliphatic rings. The van der Waals surface area contributed by atoms with Gasteiger partial charge in [-0.25, -0.2) is 0 Å². The number of hydrogen-bond donors (Lipinski definition) is 3. The molecule has 0 aliphatic carbocycles. The number of rotatable bonds is 2. The van der Waals surface area contributed by atoms with E-state index < -0.39 is 0 Å². The Bertz CT molecular complexity index is 142. The summed E-state index contributed by atoms with van der Waals surface area (Å²) in [6, 6.07) is 0. The second-order valence-corrected chi connectivity index (χ2v) is 1.96. The van der Waals surface area contributed by atoms with E-state index in [4.69, 9.17) is 11.5 Å². The van der Waals surface area contributed by atoms with Gasteiger partial charge in [-0.05, 0) is 13.8 Å². The third-order valence-electron chi connectivity index (χ3n) is 0.940. The number of nitrogens with one attached hydrogen (secondary N) is 1. The Morgan fingerprint density at radius 2 is 1.78 bits per heavy atom. The Hall–Kier alpha value is -1.12. The SMILES string of the molecule is C=C(N)N/C(C)=C(/C)N. The maximum Gasteiger partial charge on any atom is 0.0928 e.